The topological polar surface area (TPSA) is 49.7 Å². The number of carbonyl (C=O) groups is 1. The molecule has 0 saturated carbocycles. The van der Waals surface area contributed by atoms with Crippen LogP contribution in [-0.2, 0) is 4.74 Å². The number of nitrogens with one attached hydrogen (secondary N) is 1. The number of hydrogen-bond acceptors (Lipinski definition) is 3. The van der Waals surface area contributed by atoms with E-state index < -0.39 is 0 Å². The van der Waals surface area contributed by atoms with E-state index in [4.69, 9.17) is 16.3 Å². The quantitative estimate of drug-likeness (QED) is 0.606. The van der Waals surface area contributed by atoms with Crippen molar-refractivity contribution in [2.75, 3.05) is 52.5 Å². The van der Waals surface area contributed by atoms with E-state index in [1.54, 1.807) is 0 Å². The van der Waals surface area contributed by atoms with Crippen LogP contribution in [0.25, 0.3) is 17.8 Å². The van der Waals surface area contributed by atoms with Crippen LogP contribution < -0.4 is 15.9 Å². The van der Waals surface area contributed by atoms with Gasteiger partial charge in [0, 0.05) is 60.2 Å². The normalized spacial score (nSPS) is 19.1. The fourth-order valence-electron chi connectivity index (χ4n) is 5.49. The van der Waals surface area contributed by atoms with Gasteiger partial charge in [-0.25, -0.2) is 4.79 Å². The second-order valence-corrected chi connectivity index (χ2v) is 10.3. The maximum Gasteiger partial charge on any atom is 0.317 e. The second-order valence-electron chi connectivity index (χ2n) is 9.91. The highest BCUT2D eigenvalue weighted by Gasteiger charge is 2.26. The van der Waals surface area contributed by atoms with Crippen LogP contribution in [0.4, 0.5) is 4.79 Å². The standard InChI is InChI=1S/C29H37ClN4O2/c30-24-8-10-25(11-9-24)34-22-27(26-6-3-1-2-4-7-28(26)34)23-12-16-33(17-13-23)29(35)31-14-5-15-32-18-20-36-21-19-32/h1,3,6-11,22-23H,2,4-5,12-21H2,(H,31,35). The molecule has 1 aromatic carbocycles. The predicted octanol–water partition coefficient (Wildman–Crippen LogP) is 3.65. The molecule has 2 fully saturated rings. The van der Waals surface area contributed by atoms with Crippen molar-refractivity contribution in [2.45, 2.75) is 38.0 Å². The molecule has 192 valence electrons. The van der Waals surface area contributed by atoms with Crippen LogP contribution in [-0.4, -0.2) is 72.9 Å². The number of fused-ring (bicyclic) bond motifs is 1. The molecule has 36 heavy (non-hydrogen) atoms. The number of allylic oxidation sites excluding steroid dienone is 2. The molecule has 3 aliphatic rings. The van der Waals surface area contributed by atoms with E-state index in [1.807, 2.05) is 17.0 Å². The highest BCUT2D eigenvalue weighted by molar-refractivity contribution is 6.30. The third kappa shape index (κ3) is 6.05. The number of urea groups is 1. The number of ether oxygens (including phenoxy) is 1. The Balaban J connectivity index is 1.23. The lowest BCUT2D eigenvalue weighted by Gasteiger charge is -2.32. The van der Waals surface area contributed by atoms with Crippen LogP contribution in [0.5, 0.6) is 0 Å². The SMILES string of the molecule is O=C(NCCCN1CCOCC1)N1CCC(c2cn(-c3ccc(Cl)cc3)c3c2=CC=CCCC=3)CC1. The second kappa shape index (κ2) is 12.1. The average Bonchev–Trinajstić information content (AvgIpc) is 3.24. The molecule has 2 amide bonds. The molecular formula is C29H37ClN4O2. The van der Waals surface area contributed by atoms with Crippen LogP contribution in [0.15, 0.2) is 42.6 Å². The van der Waals surface area contributed by atoms with Crippen LogP contribution in [0, 0.1) is 0 Å². The fourth-order valence-corrected chi connectivity index (χ4v) is 5.62. The number of hydrogen-bond donors (Lipinski definition) is 1. The van der Waals surface area contributed by atoms with Crippen LogP contribution in [0.2, 0.25) is 5.02 Å². The summed E-state index contributed by atoms with van der Waals surface area (Å²) in [5, 5.41) is 6.46. The van der Waals surface area contributed by atoms with Gasteiger partial charge in [-0.3, -0.25) is 4.90 Å². The van der Waals surface area contributed by atoms with Gasteiger partial charge in [-0.2, -0.15) is 0 Å². The average molecular weight is 509 g/mol. The van der Waals surface area contributed by atoms with Gasteiger partial charge in [0.05, 0.1) is 13.2 Å². The summed E-state index contributed by atoms with van der Waals surface area (Å²) < 4.78 is 7.71. The first-order valence-electron chi connectivity index (χ1n) is 13.4. The molecule has 6 nitrogen and oxygen atoms in total. The van der Waals surface area contributed by atoms with Crippen molar-refractivity contribution >= 4 is 29.8 Å². The minimum absolute atomic E-state index is 0.0762. The zero-order valence-electron chi connectivity index (χ0n) is 21.0. The summed E-state index contributed by atoms with van der Waals surface area (Å²) in [5.74, 6) is 0.440. The predicted molar refractivity (Wildman–Crippen MR) is 146 cm³/mol. The molecule has 0 bridgehead atoms. The van der Waals surface area contributed by atoms with Crippen molar-refractivity contribution in [3.8, 4) is 5.69 Å². The zero-order chi connectivity index (χ0) is 24.7. The first-order chi connectivity index (χ1) is 17.7. The monoisotopic (exact) mass is 508 g/mol. The van der Waals surface area contributed by atoms with Crippen molar-refractivity contribution < 1.29 is 9.53 Å². The molecule has 0 atom stereocenters. The Labute approximate surface area is 218 Å². The summed E-state index contributed by atoms with van der Waals surface area (Å²) in [6.07, 6.45) is 16.4. The summed E-state index contributed by atoms with van der Waals surface area (Å²) in [5.41, 5.74) is 2.51. The van der Waals surface area contributed by atoms with Crippen molar-refractivity contribution in [3.05, 3.63) is 63.8 Å². The van der Waals surface area contributed by atoms with E-state index in [1.165, 1.54) is 16.1 Å². The van der Waals surface area contributed by atoms with Gasteiger partial charge >= 0.3 is 6.03 Å². The van der Waals surface area contributed by atoms with Crippen molar-refractivity contribution in [1.82, 2.24) is 19.7 Å². The molecule has 7 heteroatoms. The van der Waals surface area contributed by atoms with Gasteiger partial charge in [0.2, 0.25) is 0 Å². The van der Waals surface area contributed by atoms with Gasteiger partial charge in [0.15, 0.2) is 0 Å². The number of rotatable bonds is 6. The number of nitrogens with zero attached hydrogens (tertiary/aromatic N) is 3. The Morgan fingerprint density at radius 1 is 1.06 bits per heavy atom. The smallest absolute Gasteiger partial charge is 0.317 e. The molecule has 5 rings (SSSR count). The number of carbonyl (C=O) groups excluding carboxylic acids is 1. The molecular weight excluding hydrogens is 472 g/mol. The van der Waals surface area contributed by atoms with Gasteiger partial charge in [-0.1, -0.05) is 35.9 Å². The summed E-state index contributed by atoms with van der Waals surface area (Å²) in [7, 11) is 0. The van der Waals surface area contributed by atoms with Crippen molar-refractivity contribution in [3.63, 3.8) is 0 Å². The van der Waals surface area contributed by atoms with Gasteiger partial charge in [-0.15, -0.1) is 0 Å². The lowest BCUT2D eigenvalue weighted by Crippen LogP contribution is -2.45. The number of aromatic nitrogens is 1. The van der Waals surface area contributed by atoms with Gasteiger partial charge in [0.25, 0.3) is 0 Å². The van der Waals surface area contributed by atoms with E-state index >= 15 is 0 Å². The number of benzene rings is 1. The van der Waals surface area contributed by atoms with E-state index in [0.29, 0.717) is 5.92 Å². The number of likely N-dealkylation sites (tertiary alicyclic amines) is 1. The minimum atomic E-state index is 0.0762. The number of amides is 2. The Morgan fingerprint density at radius 3 is 2.61 bits per heavy atom. The molecule has 0 radical (unpaired) electrons. The van der Waals surface area contributed by atoms with E-state index in [2.05, 4.69) is 57.4 Å². The largest absolute Gasteiger partial charge is 0.379 e. The maximum atomic E-state index is 12.8. The fraction of sp³-hybridized carbons (Fsp3) is 0.483. The lowest BCUT2D eigenvalue weighted by atomic mass is 9.90. The Kier molecular flexibility index (Phi) is 8.47. The molecule has 0 unspecified atom stereocenters. The van der Waals surface area contributed by atoms with Crippen LogP contribution in [0.1, 0.15) is 43.6 Å². The molecule has 2 aliphatic heterocycles. The molecule has 2 saturated heterocycles. The molecule has 1 aromatic heterocycles. The number of morpholine rings is 1. The highest BCUT2D eigenvalue weighted by atomic mass is 35.5. The lowest BCUT2D eigenvalue weighted by molar-refractivity contribution is 0.0375. The Hall–Kier alpha value is -2.54. The minimum Gasteiger partial charge on any atom is -0.379 e. The maximum absolute atomic E-state index is 12.8. The van der Waals surface area contributed by atoms with Gasteiger partial charge in [0.1, 0.15) is 0 Å². The molecule has 0 spiro atoms. The first-order valence-corrected chi connectivity index (χ1v) is 13.7. The Bertz CT molecular complexity index is 1170. The zero-order valence-corrected chi connectivity index (χ0v) is 21.8. The molecule has 1 aliphatic carbocycles. The number of piperidine rings is 1. The summed E-state index contributed by atoms with van der Waals surface area (Å²) in [4.78, 5) is 17.2. The van der Waals surface area contributed by atoms with Gasteiger partial charge < -0.3 is 19.5 Å². The van der Waals surface area contributed by atoms with Crippen molar-refractivity contribution in [2.24, 2.45) is 0 Å². The summed E-state index contributed by atoms with van der Waals surface area (Å²) >= 11 is 6.16. The van der Waals surface area contributed by atoms with Crippen LogP contribution in [0.3, 0.4) is 0 Å². The molecule has 1 N–H and O–H groups in total. The third-order valence-electron chi connectivity index (χ3n) is 7.54. The summed E-state index contributed by atoms with van der Waals surface area (Å²) in [6, 6.07) is 8.15. The molecule has 3 heterocycles. The van der Waals surface area contributed by atoms with E-state index in [-0.39, 0.29) is 6.03 Å². The van der Waals surface area contributed by atoms with Crippen molar-refractivity contribution in [1.29, 1.82) is 0 Å². The Morgan fingerprint density at radius 2 is 1.83 bits per heavy atom. The van der Waals surface area contributed by atoms with E-state index in [9.17, 15) is 4.79 Å². The summed E-state index contributed by atoms with van der Waals surface area (Å²) in [6.45, 7) is 6.96. The third-order valence-corrected chi connectivity index (χ3v) is 7.79. The van der Waals surface area contributed by atoms with Gasteiger partial charge in [-0.05, 0) is 74.4 Å². The van der Waals surface area contributed by atoms with Crippen LogP contribution >= 0.6 is 11.6 Å². The van der Waals surface area contributed by atoms with E-state index in [0.717, 1.165) is 95.3 Å². The first kappa shape index (κ1) is 25.1. The molecule has 2 aromatic rings. The number of halogens is 1. The highest BCUT2D eigenvalue weighted by Crippen LogP contribution is 2.26.